The molecule has 12 heteroatoms. The largest absolute Gasteiger partial charge is 0.444 e. The highest BCUT2D eigenvalue weighted by Crippen LogP contribution is 2.32. The van der Waals surface area contributed by atoms with Crippen LogP contribution >= 0.6 is 0 Å². The minimum atomic E-state index is -1.20. The van der Waals surface area contributed by atoms with Crippen LogP contribution in [0.3, 0.4) is 0 Å². The summed E-state index contributed by atoms with van der Waals surface area (Å²) in [6.45, 7) is 5.93. The standard InChI is InChI=1S/C29H33F2N5O5/c1-29(2,3)41-28(40)33-20-11-19(30)14-35(15-20)12-17-8-9-32-25(24(17)31)16-4-5-21-18(10-16)13-36(27(21)39)22-6-7-23(37)34-26(22)38/h4-5,8-10,19-20,22H,6-7,11-15H2,1-3H3,(H,33,40)(H,34,37,38)/t19-,20-,22?/m0/s1. The molecule has 0 aliphatic carbocycles. The maximum absolute atomic E-state index is 15.8. The fourth-order valence-electron chi connectivity index (χ4n) is 5.60. The van der Waals surface area contributed by atoms with E-state index in [1.54, 1.807) is 49.9 Å². The maximum atomic E-state index is 15.8. The predicted octanol–water partition coefficient (Wildman–Crippen LogP) is 3.09. The highest BCUT2D eigenvalue weighted by molar-refractivity contribution is 6.05. The van der Waals surface area contributed by atoms with E-state index in [9.17, 15) is 23.6 Å². The van der Waals surface area contributed by atoms with Crippen LogP contribution in [0.25, 0.3) is 11.3 Å². The number of hydrogen-bond acceptors (Lipinski definition) is 7. The van der Waals surface area contributed by atoms with Crippen molar-refractivity contribution in [2.75, 3.05) is 13.1 Å². The number of benzene rings is 1. The summed E-state index contributed by atoms with van der Waals surface area (Å²) >= 11 is 0. The molecule has 4 heterocycles. The summed E-state index contributed by atoms with van der Waals surface area (Å²) in [4.78, 5) is 56.5. The lowest BCUT2D eigenvalue weighted by Crippen LogP contribution is -2.52. The molecule has 2 aromatic rings. The predicted molar refractivity (Wildman–Crippen MR) is 144 cm³/mol. The number of imide groups is 1. The number of alkyl halides is 1. The van der Waals surface area contributed by atoms with Gasteiger partial charge in [-0.3, -0.25) is 29.6 Å². The Morgan fingerprint density at radius 2 is 1.98 bits per heavy atom. The number of ether oxygens (including phenoxy) is 1. The number of nitrogens with one attached hydrogen (secondary N) is 2. The van der Waals surface area contributed by atoms with E-state index in [1.165, 1.54) is 11.1 Å². The molecule has 1 unspecified atom stereocenters. The van der Waals surface area contributed by atoms with E-state index in [0.717, 1.165) is 0 Å². The topological polar surface area (TPSA) is 121 Å². The zero-order valence-corrected chi connectivity index (χ0v) is 23.2. The molecule has 2 saturated heterocycles. The Kier molecular flexibility index (Phi) is 7.78. The third-order valence-corrected chi connectivity index (χ3v) is 7.36. The summed E-state index contributed by atoms with van der Waals surface area (Å²) < 4.78 is 35.6. The van der Waals surface area contributed by atoms with Gasteiger partial charge < -0.3 is 15.0 Å². The van der Waals surface area contributed by atoms with Crippen molar-refractivity contribution in [1.29, 1.82) is 0 Å². The number of fused-ring (bicyclic) bond motifs is 1. The molecule has 218 valence electrons. The number of alkyl carbamates (subject to hydrolysis) is 1. The lowest BCUT2D eigenvalue weighted by atomic mass is 10.0. The van der Waals surface area contributed by atoms with Gasteiger partial charge in [-0.2, -0.15) is 0 Å². The zero-order valence-electron chi connectivity index (χ0n) is 23.2. The smallest absolute Gasteiger partial charge is 0.407 e. The number of likely N-dealkylation sites (tertiary alicyclic amines) is 1. The third-order valence-electron chi connectivity index (χ3n) is 7.36. The number of carbonyl (C=O) groups is 4. The van der Waals surface area contributed by atoms with E-state index in [2.05, 4.69) is 15.6 Å². The Morgan fingerprint density at radius 1 is 1.20 bits per heavy atom. The number of piperidine rings is 2. The Labute approximate surface area is 236 Å². The number of hydrogen-bond donors (Lipinski definition) is 2. The van der Waals surface area contributed by atoms with Crippen molar-refractivity contribution in [3.8, 4) is 11.3 Å². The van der Waals surface area contributed by atoms with Crippen molar-refractivity contribution in [3.05, 3.63) is 53.0 Å². The summed E-state index contributed by atoms with van der Waals surface area (Å²) in [5.74, 6) is -1.74. The first-order valence-electron chi connectivity index (χ1n) is 13.6. The normalized spacial score (nSPS) is 23.3. The quantitative estimate of drug-likeness (QED) is 0.531. The molecule has 4 amide bonds. The van der Waals surface area contributed by atoms with Crippen molar-refractivity contribution in [2.45, 2.75) is 77.0 Å². The van der Waals surface area contributed by atoms with Crippen LogP contribution in [-0.4, -0.2) is 75.5 Å². The molecular formula is C29H33F2N5O5. The lowest BCUT2D eigenvalue weighted by molar-refractivity contribution is -0.136. The first kappa shape index (κ1) is 28.6. The van der Waals surface area contributed by atoms with Crippen molar-refractivity contribution < 1.29 is 32.7 Å². The number of aromatic nitrogens is 1. The summed E-state index contributed by atoms with van der Waals surface area (Å²) in [6.07, 6.45) is 0.204. The molecule has 2 N–H and O–H groups in total. The van der Waals surface area contributed by atoms with Gasteiger partial charge in [0.2, 0.25) is 11.8 Å². The van der Waals surface area contributed by atoms with Crippen LogP contribution in [0.4, 0.5) is 13.6 Å². The van der Waals surface area contributed by atoms with E-state index in [-0.39, 0.29) is 56.4 Å². The van der Waals surface area contributed by atoms with Gasteiger partial charge in [0.05, 0.1) is 0 Å². The molecule has 1 aromatic carbocycles. The van der Waals surface area contributed by atoms with Crippen LogP contribution in [0.1, 0.15) is 61.5 Å². The minimum Gasteiger partial charge on any atom is -0.444 e. The van der Waals surface area contributed by atoms with Crippen molar-refractivity contribution >= 4 is 23.8 Å². The van der Waals surface area contributed by atoms with Crippen LogP contribution in [0.2, 0.25) is 0 Å². The van der Waals surface area contributed by atoms with Crippen LogP contribution < -0.4 is 10.6 Å². The lowest BCUT2D eigenvalue weighted by Gasteiger charge is -2.35. The minimum absolute atomic E-state index is 0.0921. The first-order valence-corrected chi connectivity index (χ1v) is 13.6. The highest BCUT2D eigenvalue weighted by Gasteiger charge is 2.39. The van der Waals surface area contributed by atoms with Crippen LogP contribution in [0.15, 0.2) is 30.5 Å². The molecule has 3 aliphatic rings. The van der Waals surface area contributed by atoms with Crippen molar-refractivity contribution in [2.24, 2.45) is 0 Å². The second-order valence-corrected chi connectivity index (χ2v) is 11.8. The number of rotatable bonds is 5. The monoisotopic (exact) mass is 569 g/mol. The summed E-state index contributed by atoms with van der Waals surface area (Å²) in [5, 5.41) is 4.99. The molecule has 3 atom stereocenters. The van der Waals surface area contributed by atoms with Crippen molar-refractivity contribution in [1.82, 2.24) is 25.4 Å². The molecule has 0 bridgehead atoms. The molecule has 0 saturated carbocycles. The summed E-state index contributed by atoms with van der Waals surface area (Å²) in [5.41, 5.74) is 1.25. The van der Waals surface area contributed by atoms with Gasteiger partial charge in [0.25, 0.3) is 5.91 Å². The number of pyridine rings is 1. The Balaban J connectivity index is 1.30. The van der Waals surface area contributed by atoms with Crippen LogP contribution in [0, 0.1) is 5.82 Å². The first-order chi connectivity index (χ1) is 19.4. The SMILES string of the molecule is CC(C)(C)OC(=O)N[C@H]1C[C@H](F)CN(Cc2ccnc(-c3ccc4c(c3)CN(C3CCC(=O)NC3=O)C4=O)c2F)C1. The molecule has 10 nitrogen and oxygen atoms in total. The molecule has 0 spiro atoms. The molecule has 3 aliphatic heterocycles. The molecule has 1 aromatic heterocycles. The molecule has 41 heavy (non-hydrogen) atoms. The van der Waals surface area contributed by atoms with Gasteiger partial charge in [-0.05, 0) is 51.0 Å². The van der Waals surface area contributed by atoms with E-state index in [4.69, 9.17) is 4.74 Å². The second kappa shape index (κ2) is 11.2. The highest BCUT2D eigenvalue weighted by atomic mass is 19.1. The van der Waals surface area contributed by atoms with Gasteiger partial charge in [0.1, 0.15) is 23.5 Å². The fraction of sp³-hybridized carbons (Fsp3) is 0.483. The van der Waals surface area contributed by atoms with Gasteiger partial charge in [-0.1, -0.05) is 6.07 Å². The summed E-state index contributed by atoms with van der Waals surface area (Å²) in [7, 11) is 0. The maximum Gasteiger partial charge on any atom is 0.407 e. The van der Waals surface area contributed by atoms with Crippen molar-refractivity contribution in [3.63, 3.8) is 0 Å². The van der Waals surface area contributed by atoms with Gasteiger partial charge in [0, 0.05) is 67.9 Å². The Hall–Kier alpha value is -3.93. The van der Waals surface area contributed by atoms with E-state index in [0.29, 0.717) is 28.8 Å². The van der Waals surface area contributed by atoms with E-state index in [1.807, 2.05) is 0 Å². The number of amides is 4. The number of nitrogens with zero attached hydrogens (tertiary/aromatic N) is 3. The molecule has 5 rings (SSSR count). The van der Waals surface area contributed by atoms with Gasteiger partial charge in [-0.15, -0.1) is 0 Å². The van der Waals surface area contributed by atoms with Gasteiger partial charge in [-0.25, -0.2) is 13.6 Å². The molecule has 0 radical (unpaired) electrons. The second-order valence-electron chi connectivity index (χ2n) is 11.8. The molecule has 2 fully saturated rings. The zero-order chi connectivity index (χ0) is 29.5. The Morgan fingerprint density at radius 3 is 2.71 bits per heavy atom. The van der Waals surface area contributed by atoms with E-state index >= 15 is 4.39 Å². The average Bonchev–Trinajstić information content (AvgIpc) is 3.19. The number of carbonyl (C=O) groups excluding carboxylic acids is 4. The van der Waals surface area contributed by atoms with E-state index < -0.39 is 41.7 Å². The van der Waals surface area contributed by atoms with Crippen LogP contribution in [-0.2, 0) is 27.4 Å². The summed E-state index contributed by atoms with van der Waals surface area (Å²) in [6, 6.07) is 5.20. The Bertz CT molecular complexity index is 1390. The number of halogens is 2. The average molecular weight is 570 g/mol. The third kappa shape index (κ3) is 6.37. The molecular weight excluding hydrogens is 536 g/mol. The van der Waals surface area contributed by atoms with Gasteiger partial charge in [0.15, 0.2) is 5.82 Å². The van der Waals surface area contributed by atoms with Crippen LogP contribution in [0.5, 0.6) is 0 Å². The fourth-order valence-corrected chi connectivity index (χ4v) is 5.60. The van der Waals surface area contributed by atoms with Gasteiger partial charge >= 0.3 is 6.09 Å².